The molecule has 0 fully saturated rings. The van der Waals surface area contributed by atoms with Gasteiger partial charge < -0.3 is 5.32 Å². The van der Waals surface area contributed by atoms with Gasteiger partial charge in [-0.3, -0.25) is 4.79 Å². The Morgan fingerprint density at radius 2 is 2.00 bits per heavy atom. The van der Waals surface area contributed by atoms with Crippen molar-refractivity contribution in [3.63, 3.8) is 0 Å². The summed E-state index contributed by atoms with van der Waals surface area (Å²) in [5, 5.41) is 14.3. The van der Waals surface area contributed by atoms with Crippen LogP contribution >= 0.6 is 15.9 Å². The van der Waals surface area contributed by atoms with E-state index in [2.05, 4.69) is 36.8 Å². The van der Waals surface area contributed by atoms with Crippen molar-refractivity contribution in [3.05, 3.63) is 58.6 Å². The van der Waals surface area contributed by atoms with Crippen LogP contribution in [-0.4, -0.2) is 26.1 Å². The largest absolute Gasteiger partial charge is 0.326 e. The third-order valence-electron chi connectivity index (χ3n) is 3.30. The van der Waals surface area contributed by atoms with Crippen LogP contribution in [0.2, 0.25) is 0 Å². The molecule has 1 heterocycles. The number of hydrogen-bond donors (Lipinski definition) is 1. The van der Waals surface area contributed by atoms with Gasteiger partial charge in [-0.25, -0.2) is 4.68 Å². The Morgan fingerprint density at radius 1 is 1.22 bits per heavy atom. The molecule has 0 radical (unpaired) electrons. The Morgan fingerprint density at radius 3 is 2.70 bits per heavy atom. The lowest BCUT2D eigenvalue weighted by molar-refractivity contribution is -0.115. The van der Waals surface area contributed by atoms with Gasteiger partial charge in [0.25, 0.3) is 0 Å². The lowest BCUT2D eigenvalue weighted by atomic mass is 10.1. The molecule has 23 heavy (non-hydrogen) atoms. The summed E-state index contributed by atoms with van der Waals surface area (Å²) < 4.78 is 2.58. The number of aromatic nitrogens is 4. The quantitative estimate of drug-likeness (QED) is 0.765. The normalized spacial score (nSPS) is 10.5. The summed E-state index contributed by atoms with van der Waals surface area (Å²) in [6.45, 7) is 0. The molecule has 116 valence electrons. The second kappa shape index (κ2) is 6.70. The predicted octanol–water partition coefficient (Wildman–Crippen LogP) is 2.82. The fourth-order valence-electron chi connectivity index (χ4n) is 2.20. The maximum Gasteiger partial charge on any atom is 0.228 e. The second-order valence-corrected chi connectivity index (χ2v) is 5.97. The third kappa shape index (κ3) is 3.81. The van der Waals surface area contributed by atoms with Crippen molar-refractivity contribution >= 4 is 27.5 Å². The van der Waals surface area contributed by atoms with Gasteiger partial charge in [-0.15, -0.1) is 5.10 Å². The average molecular weight is 372 g/mol. The van der Waals surface area contributed by atoms with Gasteiger partial charge in [0, 0.05) is 22.8 Å². The highest BCUT2D eigenvalue weighted by Gasteiger charge is 2.08. The minimum absolute atomic E-state index is 0.0689. The standard InChI is InChI=1S/C16H14BrN5O/c1-22-16(19-20-21-22)12-3-2-4-14(10-12)18-15(23)9-11-5-7-13(17)8-6-11/h2-8,10H,9H2,1H3,(H,18,23). The van der Waals surface area contributed by atoms with Gasteiger partial charge in [0.05, 0.1) is 6.42 Å². The van der Waals surface area contributed by atoms with Crippen LogP contribution < -0.4 is 5.32 Å². The first kappa shape index (κ1) is 15.4. The summed E-state index contributed by atoms with van der Waals surface area (Å²) >= 11 is 3.38. The van der Waals surface area contributed by atoms with Crippen LogP contribution in [0.4, 0.5) is 5.69 Å². The number of carbonyl (C=O) groups is 1. The van der Waals surface area contributed by atoms with Gasteiger partial charge in [-0.2, -0.15) is 0 Å². The maximum atomic E-state index is 12.2. The number of rotatable bonds is 4. The molecule has 3 aromatic rings. The van der Waals surface area contributed by atoms with Crippen LogP contribution in [-0.2, 0) is 18.3 Å². The number of benzene rings is 2. The molecule has 0 spiro atoms. The topological polar surface area (TPSA) is 72.7 Å². The van der Waals surface area contributed by atoms with Crippen LogP contribution in [0.1, 0.15) is 5.56 Å². The van der Waals surface area contributed by atoms with Crippen LogP contribution in [0.15, 0.2) is 53.0 Å². The molecule has 1 amide bonds. The minimum Gasteiger partial charge on any atom is -0.326 e. The first-order valence-electron chi connectivity index (χ1n) is 6.99. The van der Waals surface area contributed by atoms with Crippen molar-refractivity contribution in [1.29, 1.82) is 0 Å². The molecule has 0 saturated carbocycles. The van der Waals surface area contributed by atoms with Crippen molar-refractivity contribution in [2.75, 3.05) is 5.32 Å². The molecule has 6 nitrogen and oxygen atoms in total. The van der Waals surface area contributed by atoms with Crippen molar-refractivity contribution in [1.82, 2.24) is 20.2 Å². The lowest BCUT2D eigenvalue weighted by Crippen LogP contribution is -2.14. The maximum absolute atomic E-state index is 12.2. The molecular formula is C16H14BrN5O. The monoisotopic (exact) mass is 371 g/mol. The fraction of sp³-hybridized carbons (Fsp3) is 0.125. The Bertz CT molecular complexity index is 828. The van der Waals surface area contributed by atoms with E-state index in [1.807, 2.05) is 48.5 Å². The first-order chi connectivity index (χ1) is 11.1. The van der Waals surface area contributed by atoms with Crippen molar-refractivity contribution < 1.29 is 4.79 Å². The zero-order valence-corrected chi connectivity index (χ0v) is 14.0. The molecule has 0 aliphatic carbocycles. The number of hydrogen-bond acceptors (Lipinski definition) is 4. The SMILES string of the molecule is Cn1nnnc1-c1cccc(NC(=O)Cc2ccc(Br)cc2)c1. The van der Waals surface area contributed by atoms with Gasteiger partial charge in [-0.05, 0) is 40.3 Å². The highest BCUT2D eigenvalue weighted by atomic mass is 79.9. The van der Waals surface area contributed by atoms with E-state index in [1.165, 1.54) is 0 Å². The van der Waals surface area contributed by atoms with E-state index >= 15 is 0 Å². The van der Waals surface area contributed by atoms with E-state index in [1.54, 1.807) is 11.7 Å². The summed E-state index contributed by atoms with van der Waals surface area (Å²) in [5.74, 6) is 0.578. The van der Waals surface area contributed by atoms with Crippen LogP contribution in [0.5, 0.6) is 0 Å². The van der Waals surface area contributed by atoms with Gasteiger partial charge in [0.2, 0.25) is 5.91 Å². The highest BCUT2D eigenvalue weighted by Crippen LogP contribution is 2.20. The van der Waals surface area contributed by atoms with Crippen molar-refractivity contribution in [2.24, 2.45) is 7.05 Å². The first-order valence-corrected chi connectivity index (χ1v) is 7.78. The summed E-state index contributed by atoms with van der Waals surface area (Å²) in [4.78, 5) is 12.2. The molecule has 0 aliphatic rings. The number of nitrogens with one attached hydrogen (secondary N) is 1. The van der Waals surface area contributed by atoms with Gasteiger partial charge in [0.1, 0.15) is 0 Å². The second-order valence-electron chi connectivity index (χ2n) is 5.06. The van der Waals surface area contributed by atoms with E-state index in [0.29, 0.717) is 17.9 Å². The molecular weight excluding hydrogens is 358 g/mol. The van der Waals surface area contributed by atoms with Crippen LogP contribution in [0.25, 0.3) is 11.4 Å². The number of tetrazole rings is 1. The van der Waals surface area contributed by atoms with Crippen LogP contribution in [0, 0.1) is 0 Å². The molecule has 0 bridgehead atoms. The zero-order chi connectivity index (χ0) is 16.2. The zero-order valence-electron chi connectivity index (χ0n) is 12.4. The van der Waals surface area contributed by atoms with Gasteiger partial charge in [-0.1, -0.05) is 40.2 Å². The molecule has 0 saturated heterocycles. The summed E-state index contributed by atoms with van der Waals surface area (Å²) in [7, 11) is 1.77. The Hall–Kier alpha value is -2.54. The molecule has 0 aliphatic heterocycles. The molecule has 7 heteroatoms. The summed E-state index contributed by atoms with van der Waals surface area (Å²) in [5.41, 5.74) is 2.52. The Kier molecular flexibility index (Phi) is 4.47. The van der Waals surface area contributed by atoms with Gasteiger partial charge >= 0.3 is 0 Å². The predicted molar refractivity (Wildman–Crippen MR) is 90.7 cm³/mol. The van der Waals surface area contributed by atoms with E-state index in [4.69, 9.17) is 0 Å². The number of nitrogens with zero attached hydrogens (tertiary/aromatic N) is 4. The summed E-state index contributed by atoms with van der Waals surface area (Å²) in [6.07, 6.45) is 0.322. The number of aryl methyl sites for hydroxylation is 1. The molecule has 1 aromatic heterocycles. The number of carbonyl (C=O) groups excluding carboxylic acids is 1. The van der Waals surface area contributed by atoms with Crippen molar-refractivity contribution in [2.45, 2.75) is 6.42 Å². The van der Waals surface area contributed by atoms with E-state index < -0.39 is 0 Å². The molecule has 0 unspecified atom stereocenters. The van der Waals surface area contributed by atoms with Crippen LogP contribution in [0.3, 0.4) is 0 Å². The number of anilines is 1. The molecule has 2 aromatic carbocycles. The van der Waals surface area contributed by atoms with E-state index in [9.17, 15) is 4.79 Å². The van der Waals surface area contributed by atoms with E-state index in [0.717, 1.165) is 15.6 Å². The third-order valence-corrected chi connectivity index (χ3v) is 3.83. The van der Waals surface area contributed by atoms with E-state index in [-0.39, 0.29) is 5.91 Å². The molecule has 3 rings (SSSR count). The smallest absolute Gasteiger partial charge is 0.228 e. The average Bonchev–Trinajstić information content (AvgIpc) is 2.96. The van der Waals surface area contributed by atoms with Crippen molar-refractivity contribution in [3.8, 4) is 11.4 Å². The lowest BCUT2D eigenvalue weighted by Gasteiger charge is -2.07. The fourth-order valence-corrected chi connectivity index (χ4v) is 2.47. The Labute approximate surface area is 141 Å². The molecule has 0 atom stereocenters. The van der Waals surface area contributed by atoms with Gasteiger partial charge in [0.15, 0.2) is 5.82 Å². The Balaban J connectivity index is 1.71. The number of amides is 1. The summed E-state index contributed by atoms with van der Waals surface area (Å²) in [6, 6.07) is 15.1. The molecule has 1 N–H and O–H groups in total. The minimum atomic E-state index is -0.0689. The number of halogens is 1. The highest BCUT2D eigenvalue weighted by molar-refractivity contribution is 9.10.